The first-order chi connectivity index (χ1) is 10.7. The Morgan fingerprint density at radius 3 is 3.09 bits per heavy atom. The predicted octanol–water partition coefficient (Wildman–Crippen LogP) is 0.457. The molecular weight excluding hydrogens is 302 g/mol. The lowest BCUT2D eigenvalue weighted by Crippen LogP contribution is -2.23. The molecule has 1 aliphatic heterocycles. The zero-order valence-corrected chi connectivity index (χ0v) is 13.1. The minimum absolute atomic E-state index is 0.0297. The summed E-state index contributed by atoms with van der Waals surface area (Å²) in [6.45, 7) is 2.75. The lowest BCUT2D eigenvalue weighted by molar-refractivity contribution is 0.219. The van der Waals surface area contributed by atoms with E-state index >= 15 is 0 Å². The summed E-state index contributed by atoms with van der Waals surface area (Å²) in [5.41, 5.74) is 0.846. The van der Waals surface area contributed by atoms with E-state index in [2.05, 4.69) is 15.1 Å². The van der Waals surface area contributed by atoms with Crippen molar-refractivity contribution >= 4 is 27.3 Å². The Balaban J connectivity index is 1.81. The highest BCUT2D eigenvalue weighted by Crippen LogP contribution is 2.22. The zero-order chi connectivity index (χ0) is 15.3. The van der Waals surface area contributed by atoms with Crippen molar-refractivity contribution in [1.82, 2.24) is 24.1 Å². The summed E-state index contributed by atoms with van der Waals surface area (Å²) in [5, 5.41) is 19.7. The third-order valence-corrected chi connectivity index (χ3v) is 5.28. The molecule has 116 valence electrons. The molecule has 3 aromatic rings. The van der Waals surface area contributed by atoms with Crippen LogP contribution in [0.2, 0.25) is 0 Å². The molecule has 0 spiro atoms. The third-order valence-electron chi connectivity index (χ3n) is 4.39. The number of hydrogen-bond acceptors (Lipinski definition) is 6. The van der Waals surface area contributed by atoms with E-state index in [1.807, 2.05) is 15.8 Å². The molecular formula is C14H17N5O2S. The molecule has 1 unspecified atom stereocenters. The summed E-state index contributed by atoms with van der Waals surface area (Å²) in [5.74, 6) is 1.76. The predicted molar refractivity (Wildman–Crippen MR) is 84.1 cm³/mol. The van der Waals surface area contributed by atoms with Crippen LogP contribution in [0.15, 0.2) is 16.2 Å². The topological polar surface area (TPSA) is 75.7 Å². The van der Waals surface area contributed by atoms with Crippen molar-refractivity contribution in [2.24, 2.45) is 13.0 Å². The number of aryl methyl sites for hydroxylation is 1. The van der Waals surface area contributed by atoms with E-state index in [9.17, 15) is 9.90 Å². The van der Waals surface area contributed by atoms with Crippen molar-refractivity contribution in [3.63, 3.8) is 0 Å². The molecule has 0 saturated carbocycles. The lowest BCUT2D eigenvalue weighted by atomic mass is 10.1. The Morgan fingerprint density at radius 2 is 2.32 bits per heavy atom. The molecule has 1 N–H and O–H groups in total. The van der Waals surface area contributed by atoms with E-state index in [0.717, 1.165) is 35.6 Å². The van der Waals surface area contributed by atoms with E-state index in [1.54, 1.807) is 11.6 Å². The van der Waals surface area contributed by atoms with E-state index < -0.39 is 0 Å². The number of hydrogen-bond donors (Lipinski definition) is 1. The third kappa shape index (κ3) is 1.98. The van der Waals surface area contributed by atoms with Gasteiger partial charge in [-0.3, -0.25) is 18.7 Å². The van der Waals surface area contributed by atoms with Crippen molar-refractivity contribution < 1.29 is 5.11 Å². The van der Waals surface area contributed by atoms with Crippen molar-refractivity contribution in [1.29, 1.82) is 0 Å². The zero-order valence-electron chi connectivity index (χ0n) is 12.3. The fraction of sp³-hybridized carbons (Fsp3) is 0.500. The van der Waals surface area contributed by atoms with Crippen LogP contribution in [0.5, 0.6) is 0 Å². The van der Waals surface area contributed by atoms with E-state index in [-0.39, 0.29) is 12.2 Å². The second-order valence-electron chi connectivity index (χ2n) is 5.82. The van der Waals surface area contributed by atoms with Gasteiger partial charge < -0.3 is 5.11 Å². The quantitative estimate of drug-likeness (QED) is 0.759. The first kappa shape index (κ1) is 13.9. The maximum absolute atomic E-state index is 12.3. The van der Waals surface area contributed by atoms with Gasteiger partial charge in [-0.2, -0.15) is 0 Å². The van der Waals surface area contributed by atoms with Gasteiger partial charge in [-0.15, -0.1) is 21.5 Å². The molecule has 1 saturated heterocycles. The Morgan fingerprint density at radius 1 is 1.45 bits per heavy atom. The standard InChI is InChI=1S/C14H17N5O2S/c1-17-13(21)12-10(3-5-22-12)19-11(15-16-14(17)19)7-18-4-2-9(6-18)8-20/h3,5,9,20H,2,4,6-8H2,1H3. The molecule has 1 aliphatic rings. The van der Waals surface area contributed by atoms with Gasteiger partial charge in [0.15, 0.2) is 5.82 Å². The van der Waals surface area contributed by atoms with Gasteiger partial charge in [0, 0.05) is 20.2 Å². The van der Waals surface area contributed by atoms with Crippen molar-refractivity contribution in [3.05, 3.63) is 27.6 Å². The van der Waals surface area contributed by atoms with Crippen molar-refractivity contribution in [2.75, 3.05) is 19.7 Å². The van der Waals surface area contributed by atoms with Gasteiger partial charge in [-0.1, -0.05) is 0 Å². The number of likely N-dealkylation sites (tertiary alicyclic amines) is 1. The first-order valence-corrected chi connectivity index (χ1v) is 8.20. The van der Waals surface area contributed by atoms with Gasteiger partial charge in [0.1, 0.15) is 4.70 Å². The summed E-state index contributed by atoms with van der Waals surface area (Å²) < 4.78 is 4.25. The highest BCUT2D eigenvalue weighted by molar-refractivity contribution is 7.17. The Bertz CT molecular complexity index is 896. The van der Waals surface area contributed by atoms with Crippen LogP contribution in [0.1, 0.15) is 12.2 Å². The SMILES string of the molecule is Cn1c(=O)c2sccc2n2c(CN3CCC(CO)C3)nnc12. The van der Waals surface area contributed by atoms with Crippen LogP contribution < -0.4 is 5.56 Å². The molecule has 0 aromatic carbocycles. The van der Waals surface area contributed by atoms with E-state index in [4.69, 9.17) is 0 Å². The fourth-order valence-corrected chi connectivity index (χ4v) is 4.01. The minimum Gasteiger partial charge on any atom is -0.396 e. The number of aromatic nitrogens is 4. The maximum Gasteiger partial charge on any atom is 0.272 e. The van der Waals surface area contributed by atoms with Crippen LogP contribution in [0.3, 0.4) is 0 Å². The molecule has 0 radical (unpaired) electrons. The summed E-state index contributed by atoms with van der Waals surface area (Å²) in [6, 6.07) is 1.95. The normalized spacial score (nSPS) is 19.6. The molecule has 0 aliphatic carbocycles. The van der Waals surface area contributed by atoms with Crippen LogP contribution in [0.4, 0.5) is 0 Å². The fourth-order valence-electron chi connectivity index (χ4n) is 3.16. The molecule has 0 amide bonds. The van der Waals surface area contributed by atoms with Gasteiger partial charge in [-0.05, 0) is 30.3 Å². The van der Waals surface area contributed by atoms with E-state index in [1.165, 1.54) is 11.3 Å². The number of rotatable bonds is 3. The average molecular weight is 319 g/mol. The summed E-state index contributed by atoms with van der Waals surface area (Å²) >= 11 is 1.45. The van der Waals surface area contributed by atoms with Gasteiger partial charge in [0.2, 0.25) is 5.78 Å². The lowest BCUT2D eigenvalue weighted by Gasteiger charge is -2.14. The summed E-state index contributed by atoms with van der Waals surface area (Å²) in [7, 11) is 1.73. The number of nitrogens with zero attached hydrogens (tertiary/aromatic N) is 5. The Labute approximate surface area is 130 Å². The van der Waals surface area contributed by atoms with Crippen molar-refractivity contribution in [2.45, 2.75) is 13.0 Å². The molecule has 0 bridgehead atoms. The van der Waals surface area contributed by atoms with Gasteiger partial charge >= 0.3 is 0 Å². The van der Waals surface area contributed by atoms with Crippen molar-refractivity contribution in [3.8, 4) is 0 Å². The highest BCUT2D eigenvalue weighted by atomic mass is 32.1. The van der Waals surface area contributed by atoms with Gasteiger partial charge in [0.25, 0.3) is 5.56 Å². The van der Waals surface area contributed by atoms with Crippen LogP contribution >= 0.6 is 11.3 Å². The molecule has 22 heavy (non-hydrogen) atoms. The second-order valence-corrected chi connectivity index (χ2v) is 6.74. The molecule has 1 atom stereocenters. The largest absolute Gasteiger partial charge is 0.396 e. The Kier molecular flexibility index (Phi) is 3.24. The molecule has 8 heteroatoms. The highest BCUT2D eigenvalue weighted by Gasteiger charge is 2.24. The van der Waals surface area contributed by atoms with Gasteiger partial charge in [-0.25, -0.2) is 0 Å². The molecule has 7 nitrogen and oxygen atoms in total. The number of thiophene rings is 1. The molecule has 1 fully saturated rings. The maximum atomic E-state index is 12.3. The molecule has 4 heterocycles. The first-order valence-electron chi connectivity index (χ1n) is 7.32. The second kappa shape index (κ2) is 5.15. The van der Waals surface area contributed by atoms with E-state index in [0.29, 0.717) is 18.2 Å². The Hall–Kier alpha value is -1.77. The summed E-state index contributed by atoms with van der Waals surface area (Å²) in [6.07, 6.45) is 1.01. The smallest absolute Gasteiger partial charge is 0.272 e. The number of aliphatic hydroxyl groups is 1. The minimum atomic E-state index is -0.0297. The summed E-state index contributed by atoms with van der Waals surface area (Å²) in [4.78, 5) is 14.6. The number of aliphatic hydroxyl groups excluding tert-OH is 1. The molecule has 3 aromatic heterocycles. The average Bonchev–Trinajstić information content (AvgIpc) is 3.23. The molecule has 4 rings (SSSR count). The monoisotopic (exact) mass is 319 g/mol. The van der Waals surface area contributed by atoms with Gasteiger partial charge in [0.05, 0.1) is 12.1 Å². The van der Waals surface area contributed by atoms with Crippen LogP contribution in [-0.2, 0) is 13.6 Å². The van der Waals surface area contributed by atoms with Crippen LogP contribution in [0.25, 0.3) is 16.0 Å². The van der Waals surface area contributed by atoms with Crippen LogP contribution in [0, 0.1) is 5.92 Å². The number of fused-ring (bicyclic) bond motifs is 3. The van der Waals surface area contributed by atoms with Crippen LogP contribution in [-0.4, -0.2) is 48.9 Å².